The van der Waals surface area contributed by atoms with E-state index in [1.54, 1.807) is 11.0 Å². The van der Waals surface area contributed by atoms with Gasteiger partial charge in [-0.05, 0) is 54.3 Å². The Morgan fingerprint density at radius 2 is 1.81 bits per heavy atom. The molecule has 2 aromatic carbocycles. The zero-order valence-electron chi connectivity index (χ0n) is 18.7. The minimum atomic E-state index is -0.313. The minimum Gasteiger partial charge on any atom is -0.377 e. The maximum Gasteiger partial charge on any atom is 0.227 e. The van der Waals surface area contributed by atoms with Gasteiger partial charge in [0.05, 0.1) is 0 Å². The van der Waals surface area contributed by atoms with Crippen LogP contribution in [-0.4, -0.2) is 30.8 Å². The molecular formula is C25H32FN3O2. The van der Waals surface area contributed by atoms with Crippen LogP contribution in [0, 0.1) is 11.7 Å². The van der Waals surface area contributed by atoms with E-state index >= 15 is 0 Å². The highest BCUT2D eigenvalue weighted by Gasteiger charge is 2.23. The Labute approximate surface area is 184 Å². The van der Waals surface area contributed by atoms with Gasteiger partial charge in [0.2, 0.25) is 11.8 Å². The van der Waals surface area contributed by atoms with Gasteiger partial charge >= 0.3 is 0 Å². The number of anilines is 2. The number of amides is 2. The Kier molecular flexibility index (Phi) is 7.66. The molecule has 31 heavy (non-hydrogen) atoms. The summed E-state index contributed by atoms with van der Waals surface area (Å²) < 4.78 is 13.6. The molecule has 0 heterocycles. The third kappa shape index (κ3) is 6.06. The van der Waals surface area contributed by atoms with Crippen molar-refractivity contribution in [2.24, 2.45) is 5.92 Å². The number of halogens is 1. The first-order valence-corrected chi connectivity index (χ1v) is 11.0. The maximum absolute atomic E-state index is 13.6. The van der Waals surface area contributed by atoms with Gasteiger partial charge in [-0.25, -0.2) is 4.39 Å². The Hall–Kier alpha value is -2.89. The Morgan fingerprint density at radius 1 is 1.06 bits per heavy atom. The van der Waals surface area contributed by atoms with Crippen LogP contribution in [0.25, 0.3) is 0 Å². The molecule has 1 aliphatic carbocycles. The molecule has 0 aromatic heterocycles. The Morgan fingerprint density at radius 3 is 2.45 bits per heavy atom. The SMILES string of the molecule is CCC(=O)N(Cc1cccc(F)c1)Cc1cc(NC(=O)C2CCCC2)ccc1N(C)C. The van der Waals surface area contributed by atoms with E-state index in [0.29, 0.717) is 19.5 Å². The van der Waals surface area contributed by atoms with Crippen molar-refractivity contribution in [1.82, 2.24) is 4.90 Å². The van der Waals surface area contributed by atoms with E-state index in [-0.39, 0.29) is 23.5 Å². The molecular weight excluding hydrogens is 393 g/mol. The lowest BCUT2D eigenvalue weighted by atomic mass is 10.1. The highest BCUT2D eigenvalue weighted by Crippen LogP contribution is 2.29. The molecule has 2 amide bonds. The molecule has 5 nitrogen and oxygen atoms in total. The normalized spacial score (nSPS) is 13.8. The van der Waals surface area contributed by atoms with E-state index < -0.39 is 0 Å². The van der Waals surface area contributed by atoms with E-state index in [4.69, 9.17) is 0 Å². The molecule has 2 aromatic rings. The molecule has 1 aliphatic rings. The van der Waals surface area contributed by atoms with Crippen LogP contribution in [-0.2, 0) is 22.7 Å². The van der Waals surface area contributed by atoms with E-state index in [0.717, 1.165) is 48.2 Å². The fourth-order valence-electron chi connectivity index (χ4n) is 4.18. The maximum atomic E-state index is 13.6. The fraction of sp³-hybridized carbons (Fsp3) is 0.440. The first-order valence-electron chi connectivity index (χ1n) is 11.0. The zero-order chi connectivity index (χ0) is 22.4. The van der Waals surface area contributed by atoms with Gasteiger partial charge in [-0.1, -0.05) is 31.9 Å². The Bertz CT molecular complexity index is 923. The first kappa shape index (κ1) is 22.8. The van der Waals surface area contributed by atoms with Crippen LogP contribution in [0.1, 0.15) is 50.2 Å². The average molecular weight is 426 g/mol. The molecule has 166 valence electrons. The molecule has 1 N–H and O–H groups in total. The average Bonchev–Trinajstić information content (AvgIpc) is 3.28. The van der Waals surface area contributed by atoms with Crippen molar-refractivity contribution in [2.75, 3.05) is 24.3 Å². The van der Waals surface area contributed by atoms with Gasteiger partial charge in [-0.15, -0.1) is 0 Å². The van der Waals surface area contributed by atoms with Crippen LogP contribution in [0.15, 0.2) is 42.5 Å². The molecule has 0 saturated heterocycles. The van der Waals surface area contributed by atoms with Crippen molar-refractivity contribution >= 4 is 23.2 Å². The van der Waals surface area contributed by atoms with Crippen LogP contribution < -0.4 is 10.2 Å². The van der Waals surface area contributed by atoms with Gasteiger partial charge < -0.3 is 15.1 Å². The molecule has 0 aliphatic heterocycles. The van der Waals surface area contributed by atoms with Crippen LogP contribution in [0.2, 0.25) is 0 Å². The van der Waals surface area contributed by atoms with Crippen molar-refractivity contribution in [1.29, 1.82) is 0 Å². The number of benzene rings is 2. The topological polar surface area (TPSA) is 52.7 Å². The zero-order valence-corrected chi connectivity index (χ0v) is 18.7. The van der Waals surface area contributed by atoms with Gasteiger partial charge in [0.1, 0.15) is 5.82 Å². The number of nitrogens with one attached hydrogen (secondary N) is 1. The van der Waals surface area contributed by atoms with Gasteiger partial charge in [0.15, 0.2) is 0 Å². The molecule has 0 unspecified atom stereocenters. The first-order chi connectivity index (χ1) is 14.9. The molecule has 0 radical (unpaired) electrons. The summed E-state index contributed by atoms with van der Waals surface area (Å²) in [5, 5.41) is 3.05. The molecule has 1 fully saturated rings. The summed E-state index contributed by atoms with van der Waals surface area (Å²) in [6.45, 7) is 2.53. The summed E-state index contributed by atoms with van der Waals surface area (Å²) in [7, 11) is 3.91. The van der Waals surface area contributed by atoms with Crippen molar-refractivity contribution in [3.05, 3.63) is 59.4 Å². The standard InChI is InChI=1S/C25H32FN3O2/c1-4-24(30)29(16-18-8-7-11-21(26)14-18)17-20-15-22(12-13-23(20)28(2)3)27-25(31)19-9-5-6-10-19/h7-8,11-15,19H,4-6,9-10,16-17H2,1-3H3,(H,27,31). The number of nitrogens with zero attached hydrogens (tertiary/aromatic N) is 2. The second kappa shape index (κ2) is 10.4. The van der Waals surface area contributed by atoms with Gasteiger partial charge in [0.25, 0.3) is 0 Å². The van der Waals surface area contributed by atoms with E-state index in [9.17, 15) is 14.0 Å². The molecule has 6 heteroatoms. The predicted octanol–water partition coefficient (Wildman–Crippen LogP) is 4.96. The summed E-state index contributed by atoms with van der Waals surface area (Å²) in [6, 6.07) is 12.2. The summed E-state index contributed by atoms with van der Waals surface area (Å²) in [5.74, 6) is -0.160. The van der Waals surface area contributed by atoms with E-state index in [2.05, 4.69) is 5.32 Å². The fourth-order valence-corrected chi connectivity index (χ4v) is 4.18. The molecule has 0 bridgehead atoms. The summed E-state index contributed by atoms with van der Waals surface area (Å²) in [5.41, 5.74) is 3.41. The lowest BCUT2D eigenvalue weighted by Gasteiger charge is -2.26. The number of hydrogen-bond acceptors (Lipinski definition) is 3. The smallest absolute Gasteiger partial charge is 0.227 e. The number of rotatable bonds is 8. The van der Waals surface area contributed by atoms with Crippen molar-refractivity contribution in [3.63, 3.8) is 0 Å². The number of carbonyl (C=O) groups excluding carboxylic acids is 2. The van der Waals surface area contributed by atoms with Crippen LogP contribution >= 0.6 is 0 Å². The van der Waals surface area contributed by atoms with Crippen molar-refractivity contribution in [2.45, 2.75) is 52.1 Å². The summed E-state index contributed by atoms with van der Waals surface area (Å²) >= 11 is 0. The van der Waals surface area contributed by atoms with Gasteiger partial charge in [-0.2, -0.15) is 0 Å². The molecule has 3 rings (SSSR count). The monoisotopic (exact) mass is 425 g/mol. The Balaban J connectivity index is 1.84. The molecule has 0 spiro atoms. The number of carbonyl (C=O) groups is 2. The van der Waals surface area contributed by atoms with Gasteiger partial charge in [-0.3, -0.25) is 9.59 Å². The second-order valence-electron chi connectivity index (χ2n) is 8.44. The third-order valence-electron chi connectivity index (χ3n) is 5.83. The van der Waals surface area contributed by atoms with Crippen LogP contribution in [0.3, 0.4) is 0 Å². The predicted molar refractivity (Wildman–Crippen MR) is 122 cm³/mol. The lowest BCUT2D eigenvalue weighted by Crippen LogP contribution is -2.30. The van der Waals surface area contributed by atoms with Gasteiger partial charge in [0, 0.05) is 50.9 Å². The summed E-state index contributed by atoms with van der Waals surface area (Å²) in [4.78, 5) is 29.0. The second-order valence-corrected chi connectivity index (χ2v) is 8.44. The molecule has 0 atom stereocenters. The van der Waals surface area contributed by atoms with E-state index in [1.165, 1.54) is 12.1 Å². The van der Waals surface area contributed by atoms with Crippen LogP contribution in [0.4, 0.5) is 15.8 Å². The van der Waals surface area contributed by atoms with Crippen molar-refractivity contribution in [3.8, 4) is 0 Å². The quantitative estimate of drug-likeness (QED) is 0.650. The summed E-state index contributed by atoms with van der Waals surface area (Å²) in [6.07, 6.45) is 4.47. The number of hydrogen-bond donors (Lipinski definition) is 1. The van der Waals surface area contributed by atoms with E-state index in [1.807, 2.05) is 50.2 Å². The largest absolute Gasteiger partial charge is 0.377 e. The lowest BCUT2D eigenvalue weighted by molar-refractivity contribution is -0.132. The van der Waals surface area contributed by atoms with Crippen molar-refractivity contribution < 1.29 is 14.0 Å². The minimum absolute atomic E-state index is 0.00522. The van der Waals surface area contributed by atoms with Crippen LogP contribution in [0.5, 0.6) is 0 Å². The third-order valence-corrected chi connectivity index (χ3v) is 5.83. The highest BCUT2D eigenvalue weighted by molar-refractivity contribution is 5.93. The molecule has 1 saturated carbocycles. The highest BCUT2D eigenvalue weighted by atomic mass is 19.1.